The zero-order valence-electron chi connectivity index (χ0n) is 14.8. The molecule has 0 radical (unpaired) electrons. The Hall–Kier alpha value is -1.26. The summed E-state index contributed by atoms with van der Waals surface area (Å²) < 4.78 is 5.26. The molecule has 0 bridgehead atoms. The molecule has 21 heavy (non-hydrogen) atoms. The lowest BCUT2D eigenvalue weighted by Gasteiger charge is -2.26. The first-order valence-corrected chi connectivity index (χ1v) is 7.59. The van der Waals surface area contributed by atoms with Crippen LogP contribution < -0.4 is 10.6 Å². The lowest BCUT2D eigenvalue weighted by Crippen LogP contribution is -2.47. The third kappa shape index (κ3) is 10.2. The number of hydrogen-bond acceptors (Lipinski definition) is 3. The second kappa shape index (κ2) is 7.66. The van der Waals surface area contributed by atoms with Gasteiger partial charge in [-0.05, 0) is 33.1 Å². The van der Waals surface area contributed by atoms with Crippen molar-refractivity contribution in [3.8, 4) is 0 Å². The first-order chi connectivity index (χ1) is 9.31. The van der Waals surface area contributed by atoms with Gasteiger partial charge in [0.25, 0.3) is 0 Å². The van der Waals surface area contributed by atoms with Crippen molar-refractivity contribution >= 4 is 12.0 Å². The number of rotatable bonds is 5. The monoisotopic (exact) mass is 300 g/mol. The van der Waals surface area contributed by atoms with Gasteiger partial charge in [0.1, 0.15) is 5.60 Å². The van der Waals surface area contributed by atoms with Crippen molar-refractivity contribution in [2.75, 3.05) is 6.54 Å². The Kier molecular flexibility index (Phi) is 7.20. The fourth-order valence-electron chi connectivity index (χ4n) is 1.72. The van der Waals surface area contributed by atoms with Gasteiger partial charge in [-0.15, -0.1) is 0 Å². The van der Waals surface area contributed by atoms with E-state index in [2.05, 4.69) is 24.5 Å². The van der Waals surface area contributed by atoms with E-state index in [9.17, 15) is 9.59 Å². The number of nitrogens with one attached hydrogen (secondary N) is 2. The van der Waals surface area contributed by atoms with E-state index in [1.165, 1.54) is 0 Å². The van der Waals surface area contributed by atoms with E-state index in [4.69, 9.17) is 4.74 Å². The predicted molar refractivity (Wildman–Crippen MR) is 85.1 cm³/mol. The van der Waals surface area contributed by atoms with E-state index >= 15 is 0 Å². The summed E-state index contributed by atoms with van der Waals surface area (Å²) in [5, 5.41) is 5.72. The van der Waals surface area contributed by atoms with Gasteiger partial charge in [0.2, 0.25) is 5.91 Å². The summed E-state index contributed by atoms with van der Waals surface area (Å²) in [7, 11) is 0. The van der Waals surface area contributed by atoms with Gasteiger partial charge in [0.05, 0.1) is 0 Å². The molecule has 0 spiro atoms. The number of amides is 2. The highest BCUT2D eigenvalue weighted by Gasteiger charge is 2.24. The summed E-state index contributed by atoms with van der Waals surface area (Å²) in [4.78, 5) is 23.8. The molecule has 0 fully saturated rings. The molecule has 1 atom stereocenters. The molecule has 0 aliphatic heterocycles. The smallest absolute Gasteiger partial charge is 0.407 e. The second-order valence-corrected chi connectivity index (χ2v) is 7.93. The van der Waals surface area contributed by atoms with Crippen LogP contribution in [0.15, 0.2) is 0 Å². The van der Waals surface area contributed by atoms with Crippen molar-refractivity contribution in [1.82, 2.24) is 10.6 Å². The largest absolute Gasteiger partial charge is 0.444 e. The van der Waals surface area contributed by atoms with Crippen LogP contribution in [-0.4, -0.2) is 30.2 Å². The molecule has 0 saturated heterocycles. The minimum absolute atomic E-state index is 0.0257. The topological polar surface area (TPSA) is 67.4 Å². The Bertz CT molecular complexity index is 352. The van der Waals surface area contributed by atoms with Gasteiger partial charge in [-0.2, -0.15) is 0 Å². The Balaban J connectivity index is 4.53. The van der Waals surface area contributed by atoms with Crippen LogP contribution in [0.4, 0.5) is 4.79 Å². The van der Waals surface area contributed by atoms with Gasteiger partial charge in [-0.1, -0.05) is 34.6 Å². The number of hydrogen-bond donors (Lipinski definition) is 2. The first-order valence-electron chi connectivity index (χ1n) is 7.59. The molecule has 124 valence electrons. The molecule has 0 rings (SSSR count). The van der Waals surface area contributed by atoms with Crippen LogP contribution in [0.25, 0.3) is 0 Å². The molecular formula is C16H32N2O3. The van der Waals surface area contributed by atoms with Crippen molar-refractivity contribution in [2.24, 2.45) is 11.3 Å². The Labute approximate surface area is 129 Å². The van der Waals surface area contributed by atoms with Gasteiger partial charge < -0.3 is 15.4 Å². The summed E-state index contributed by atoms with van der Waals surface area (Å²) in [5.74, 6) is 0.388. The molecule has 0 aliphatic rings. The number of alkyl carbamates (subject to hydrolysis) is 1. The normalized spacial score (nSPS) is 13.8. The maximum atomic E-state index is 11.9. The van der Waals surface area contributed by atoms with Crippen LogP contribution in [0.2, 0.25) is 0 Å². The molecule has 0 aromatic rings. The average Bonchev–Trinajstić information content (AvgIpc) is 2.20. The molecule has 5 heteroatoms. The Morgan fingerprint density at radius 2 is 1.57 bits per heavy atom. The molecule has 2 N–H and O–H groups in total. The Morgan fingerprint density at radius 1 is 1.05 bits per heavy atom. The van der Waals surface area contributed by atoms with Crippen LogP contribution in [0, 0.1) is 11.3 Å². The van der Waals surface area contributed by atoms with E-state index in [0.717, 1.165) is 6.42 Å². The van der Waals surface area contributed by atoms with E-state index in [1.807, 2.05) is 41.5 Å². The summed E-state index contributed by atoms with van der Waals surface area (Å²) in [6, 6.07) is -0.133. The number of carbonyl (C=O) groups is 2. The average molecular weight is 300 g/mol. The second-order valence-electron chi connectivity index (χ2n) is 7.93. The van der Waals surface area contributed by atoms with Crippen LogP contribution in [0.5, 0.6) is 0 Å². The third-order valence-electron chi connectivity index (χ3n) is 2.67. The molecule has 2 amide bonds. The van der Waals surface area contributed by atoms with Crippen molar-refractivity contribution in [1.29, 1.82) is 0 Å². The minimum Gasteiger partial charge on any atom is -0.444 e. The van der Waals surface area contributed by atoms with Crippen molar-refractivity contribution in [3.63, 3.8) is 0 Å². The van der Waals surface area contributed by atoms with E-state index in [-0.39, 0.29) is 11.9 Å². The number of ether oxygens (including phenoxy) is 1. The van der Waals surface area contributed by atoms with Crippen molar-refractivity contribution in [3.05, 3.63) is 0 Å². The molecular weight excluding hydrogens is 268 g/mol. The maximum Gasteiger partial charge on any atom is 0.407 e. The Morgan fingerprint density at radius 3 is 1.95 bits per heavy atom. The lowest BCUT2D eigenvalue weighted by atomic mass is 9.95. The van der Waals surface area contributed by atoms with Gasteiger partial charge >= 0.3 is 6.09 Å². The highest BCUT2D eigenvalue weighted by atomic mass is 16.6. The van der Waals surface area contributed by atoms with Crippen LogP contribution in [0.1, 0.15) is 61.8 Å². The molecule has 5 nitrogen and oxygen atoms in total. The predicted octanol–water partition coefficient (Wildman–Crippen LogP) is 3.09. The van der Waals surface area contributed by atoms with Gasteiger partial charge in [0.15, 0.2) is 0 Å². The maximum absolute atomic E-state index is 11.9. The van der Waals surface area contributed by atoms with E-state index in [0.29, 0.717) is 12.5 Å². The van der Waals surface area contributed by atoms with Crippen molar-refractivity contribution in [2.45, 2.75) is 73.5 Å². The van der Waals surface area contributed by atoms with Crippen molar-refractivity contribution < 1.29 is 14.3 Å². The van der Waals surface area contributed by atoms with Gasteiger partial charge in [0, 0.05) is 18.0 Å². The molecule has 0 heterocycles. The van der Waals surface area contributed by atoms with Crippen LogP contribution in [0.3, 0.4) is 0 Å². The fourth-order valence-corrected chi connectivity index (χ4v) is 1.72. The summed E-state index contributed by atoms with van der Waals surface area (Å²) in [5.41, 5.74) is -0.963. The SMILES string of the molecule is CC(C)C[C@@H](CNC(=O)C(C)(C)C)NC(=O)OC(C)(C)C. The zero-order chi connectivity index (χ0) is 16.8. The molecule has 0 aromatic carbocycles. The zero-order valence-corrected chi connectivity index (χ0v) is 14.8. The van der Waals surface area contributed by atoms with Crippen LogP contribution >= 0.6 is 0 Å². The number of carbonyl (C=O) groups excluding carboxylic acids is 2. The third-order valence-corrected chi connectivity index (χ3v) is 2.67. The molecule has 0 unspecified atom stereocenters. The van der Waals surface area contributed by atoms with Gasteiger partial charge in [-0.3, -0.25) is 4.79 Å². The standard InChI is InChI=1S/C16H32N2O3/c1-11(2)9-12(10-17-13(19)15(3,4)5)18-14(20)21-16(6,7)8/h11-12H,9-10H2,1-8H3,(H,17,19)(H,18,20)/t12-/m0/s1. The first kappa shape index (κ1) is 19.7. The summed E-state index contributed by atoms with van der Waals surface area (Å²) in [6.07, 6.45) is 0.335. The highest BCUT2D eigenvalue weighted by Crippen LogP contribution is 2.13. The van der Waals surface area contributed by atoms with Crippen LogP contribution in [-0.2, 0) is 9.53 Å². The fraction of sp³-hybridized carbons (Fsp3) is 0.875. The van der Waals surface area contributed by atoms with E-state index < -0.39 is 17.1 Å². The summed E-state index contributed by atoms with van der Waals surface area (Å²) in [6.45, 7) is 15.6. The minimum atomic E-state index is -0.527. The van der Waals surface area contributed by atoms with E-state index in [1.54, 1.807) is 0 Å². The lowest BCUT2D eigenvalue weighted by molar-refractivity contribution is -0.128. The van der Waals surface area contributed by atoms with Gasteiger partial charge in [-0.25, -0.2) is 4.79 Å². The quantitative estimate of drug-likeness (QED) is 0.820. The highest BCUT2D eigenvalue weighted by molar-refractivity contribution is 5.81. The molecule has 0 aliphatic carbocycles. The molecule has 0 aromatic heterocycles. The summed E-state index contributed by atoms with van der Waals surface area (Å²) >= 11 is 0. The molecule has 0 saturated carbocycles.